The number of halogens is 2. The minimum absolute atomic E-state index is 0.188. The fraction of sp³-hybridized carbons (Fsp3) is 0.190. The van der Waals surface area contributed by atoms with Crippen molar-refractivity contribution in [2.75, 3.05) is 0 Å². The number of carbonyl (C=O) groups is 1. The highest BCUT2D eigenvalue weighted by molar-refractivity contribution is 5.95. The van der Waals surface area contributed by atoms with Crippen LogP contribution in [0.25, 0.3) is 11.4 Å². The molecular weight excluding hydrogens is 390 g/mol. The van der Waals surface area contributed by atoms with E-state index in [4.69, 9.17) is 0 Å². The maximum Gasteiger partial charge on any atom is 0.187 e. The number of hydrogen-bond donors (Lipinski definition) is 0. The molecule has 0 spiro atoms. The van der Waals surface area contributed by atoms with Gasteiger partial charge in [0, 0.05) is 24.6 Å². The normalized spacial score (nSPS) is 12.9. The summed E-state index contributed by atoms with van der Waals surface area (Å²) in [6, 6.07) is 9.45. The van der Waals surface area contributed by atoms with E-state index in [1.807, 2.05) is 22.8 Å². The Hall–Kier alpha value is -3.75. The number of nitrogens with zero attached hydrogens (tertiary/aromatic N) is 6. The average Bonchev–Trinajstić information content (AvgIpc) is 3.39. The highest BCUT2D eigenvalue weighted by Crippen LogP contribution is 2.27. The summed E-state index contributed by atoms with van der Waals surface area (Å²) in [6.45, 7) is 0. The van der Waals surface area contributed by atoms with Crippen molar-refractivity contribution >= 4 is 5.78 Å². The summed E-state index contributed by atoms with van der Waals surface area (Å²) in [5.41, 5.74) is 2.73. The molecule has 0 fully saturated rings. The summed E-state index contributed by atoms with van der Waals surface area (Å²) < 4.78 is 31.3. The molecule has 2 aromatic heterocycles. The molecule has 3 heterocycles. The summed E-state index contributed by atoms with van der Waals surface area (Å²) in [4.78, 5) is 17.2. The first-order valence-electron chi connectivity index (χ1n) is 9.51. The predicted octanol–water partition coefficient (Wildman–Crippen LogP) is 3.04. The van der Waals surface area contributed by atoms with Gasteiger partial charge in [0.05, 0.1) is 11.4 Å². The Morgan fingerprint density at radius 1 is 1.10 bits per heavy atom. The quantitative estimate of drug-likeness (QED) is 0.487. The van der Waals surface area contributed by atoms with Crippen LogP contribution in [0.4, 0.5) is 8.78 Å². The van der Waals surface area contributed by atoms with Crippen molar-refractivity contribution in [2.45, 2.75) is 25.7 Å². The standard InChI is InChI=1S/C21H16F2N6O/c22-16-4-2-5-17(23)15(16)10-20(30)18-11-28-19-9-14(29-12-24-26-27-29)8-7-13(19)3-1-6-21(28)25-18/h2,4-5,7-9,11-12H,1,3,6,10H2. The van der Waals surface area contributed by atoms with Crippen LogP contribution in [-0.2, 0) is 19.3 Å². The monoisotopic (exact) mass is 406 g/mol. The predicted molar refractivity (Wildman–Crippen MR) is 103 cm³/mol. The fourth-order valence-corrected chi connectivity index (χ4v) is 3.74. The molecule has 5 rings (SSSR count). The van der Waals surface area contributed by atoms with Crippen LogP contribution in [0.3, 0.4) is 0 Å². The van der Waals surface area contributed by atoms with Crippen LogP contribution in [0.2, 0.25) is 0 Å². The van der Waals surface area contributed by atoms with Crippen molar-refractivity contribution in [1.29, 1.82) is 0 Å². The number of rotatable bonds is 4. The average molecular weight is 406 g/mol. The number of fused-ring (bicyclic) bond motifs is 3. The Labute approximate surface area is 170 Å². The zero-order valence-electron chi connectivity index (χ0n) is 15.8. The summed E-state index contributed by atoms with van der Waals surface area (Å²) >= 11 is 0. The summed E-state index contributed by atoms with van der Waals surface area (Å²) in [5.74, 6) is -1.17. The van der Waals surface area contributed by atoms with Gasteiger partial charge in [-0.15, -0.1) is 5.10 Å². The van der Waals surface area contributed by atoms with Gasteiger partial charge in [-0.2, -0.15) is 0 Å². The van der Waals surface area contributed by atoms with Gasteiger partial charge >= 0.3 is 0 Å². The van der Waals surface area contributed by atoms with Crippen LogP contribution in [0.1, 0.15) is 33.9 Å². The molecule has 7 nitrogen and oxygen atoms in total. The lowest BCUT2D eigenvalue weighted by atomic mass is 10.1. The van der Waals surface area contributed by atoms with Crippen molar-refractivity contribution in [2.24, 2.45) is 0 Å². The third kappa shape index (κ3) is 3.18. The first-order chi connectivity index (χ1) is 14.6. The van der Waals surface area contributed by atoms with E-state index in [1.165, 1.54) is 12.4 Å². The highest BCUT2D eigenvalue weighted by Gasteiger charge is 2.22. The summed E-state index contributed by atoms with van der Waals surface area (Å²) in [5, 5.41) is 11.2. The third-order valence-electron chi connectivity index (χ3n) is 5.25. The van der Waals surface area contributed by atoms with Gasteiger partial charge in [-0.25, -0.2) is 18.4 Å². The minimum Gasteiger partial charge on any atom is -0.303 e. The molecule has 1 aliphatic rings. The molecule has 30 heavy (non-hydrogen) atoms. The lowest BCUT2D eigenvalue weighted by molar-refractivity contribution is 0.0986. The maximum atomic E-state index is 13.9. The number of tetrazole rings is 1. The Morgan fingerprint density at radius 2 is 1.93 bits per heavy atom. The van der Waals surface area contributed by atoms with Gasteiger partial charge in [-0.3, -0.25) is 4.79 Å². The second kappa shape index (κ2) is 7.25. The lowest BCUT2D eigenvalue weighted by Gasteiger charge is -2.11. The van der Waals surface area contributed by atoms with Crippen molar-refractivity contribution in [3.8, 4) is 11.4 Å². The van der Waals surface area contributed by atoms with Crippen molar-refractivity contribution in [1.82, 2.24) is 29.8 Å². The molecule has 0 amide bonds. The van der Waals surface area contributed by atoms with Gasteiger partial charge in [0.25, 0.3) is 0 Å². The Morgan fingerprint density at radius 3 is 2.70 bits per heavy atom. The summed E-state index contributed by atoms with van der Waals surface area (Å²) in [7, 11) is 0. The third-order valence-corrected chi connectivity index (χ3v) is 5.25. The molecule has 150 valence electrons. The van der Waals surface area contributed by atoms with Gasteiger partial charge in [0.1, 0.15) is 29.5 Å². The number of hydrogen-bond acceptors (Lipinski definition) is 5. The molecule has 0 atom stereocenters. The smallest absolute Gasteiger partial charge is 0.187 e. The first-order valence-corrected chi connectivity index (χ1v) is 9.51. The van der Waals surface area contributed by atoms with E-state index >= 15 is 0 Å². The summed E-state index contributed by atoms with van der Waals surface area (Å²) in [6.07, 6.45) is 5.21. The number of benzene rings is 2. The lowest BCUT2D eigenvalue weighted by Crippen LogP contribution is -2.08. The molecule has 0 N–H and O–H groups in total. The molecule has 0 bridgehead atoms. The van der Waals surface area contributed by atoms with E-state index in [9.17, 15) is 13.6 Å². The van der Waals surface area contributed by atoms with E-state index in [-0.39, 0.29) is 17.7 Å². The molecule has 1 aliphatic heterocycles. The largest absolute Gasteiger partial charge is 0.303 e. The van der Waals surface area contributed by atoms with E-state index in [1.54, 1.807) is 10.9 Å². The van der Waals surface area contributed by atoms with Crippen LogP contribution in [-0.4, -0.2) is 35.5 Å². The van der Waals surface area contributed by atoms with E-state index < -0.39 is 17.4 Å². The second-order valence-electron chi connectivity index (χ2n) is 7.13. The fourth-order valence-electron chi connectivity index (χ4n) is 3.74. The molecule has 0 saturated heterocycles. The number of carbonyl (C=O) groups excluding carboxylic acids is 1. The number of aryl methyl sites for hydroxylation is 2. The van der Waals surface area contributed by atoms with E-state index in [2.05, 4.69) is 20.5 Å². The van der Waals surface area contributed by atoms with Crippen LogP contribution in [0, 0.1) is 11.6 Å². The van der Waals surface area contributed by atoms with Gasteiger partial charge in [0.15, 0.2) is 5.78 Å². The topological polar surface area (TPSA) is 78.5 Å². The van der Waals surface area contributed by atoms with E-state index in [0.29, 0.717) is 6.42 Å². The Kier molecular flexibility index (Phi) is 4.42. The van der Waals surface area contributed by atoms with Crippen molar-refractivity contribution in [3.05, 3.63) is 83.2 Å². The van der Waals surface area contributed by atoms with E-state index in [0.717, 1.165) is 47.7 Å². The molecule has 0 aliphatic carbocycles. The molecule has 0 unspecified atom stereocenters. The number of imidazole rings is 1. The molecule has 0 saturated carbocycles. The van der Waals surface area contributed by atoms with Gasteiger partial charge in [0.2, 0.25) is 0 Å². The molecule has 4 aromatic rings. The number of ketones is 1. The maximum absolute atomic E-state index is 13.9. The van der Waals surface area contributed by atoms with Crippen LogP contribution in [0.15, 0.2) is 48.9 Å². The molecular formula is C21H16F2N6O. The van der Waals surface area contributed by atoms with Crippen LogP contribution < -0.4 is 0 Å². The van der Waals surface area contributed by atoms with Gasteiger partial charge < -0.3 is 4.57 Å². The van der Waals surface area contributed by atoms with Crippen molar-refractivity contribution < 1.29 is 13.6 Å². The van der Waals surface area contributed by atoms with Gasteiger partial charge in [-0.05, 0) is 53.1 Å². The van der Waals surface area contributed by atoms with Crippen LogP contribution >= 0.6 is 0 Å². The Balaban J connectivity index is 1.53. The minimum atomic E-state index is -0.736. The second-order valence-corrected chi connectivity index (χ2v) is 7.13. The zero-order chi connectivity index (χ0) is 20.7. The highest BCUT2D eigenvalue weighted by atomic mass is 19.1. The van der Waals surface area contributed by atoms with Gasteiger partial charge in [-0.1, -0.05) is 12.1 Å². The number of aromatic nitrogens is 6. The van der Waals surface area contributed by atoms with Crippen molar-refractivity contribution in [3.63, 3.8) is 0 Å². The molecule has 0 radical (unpaired) electrons. The molecule has 9 heteroatoms. The SMILES string of the molecule is O=C(Cc1c(F)cccc1F)c1cn2c(n1)CCCc1ccc(-n3cnnn3)cc1-2. The van der Waals surface area contributed by atoms with Crippen LogP contribution in [0.5, 0.6) is 0 Å². The number of Topliss-reactive ketones (excluding diaryl/α,β-unsaturated/α-hetero) is 1. The first kappa shape index (κ1) is 18.3. The Bertz CT molecular complexity index is 1230. The zero-order valence-corrected chi connectivity index (χ0v) is 15.8. The molecule has 2 aromatic carbocycles.